The Morgan fingerprint density at radius 2 is 1.84 bits per heavy atom. The Morgan fingerprint density at radius 1 is 1.07 bits per heavy atom. The first kappa shape index (κ1) is 27.8. The molecular weight excluding hydrogens is 555 g/mol. The number of halogens is 1. The van der Waals surface area contributed by atoms with Crippen LogP contribution in [0.5, 0.6) is 11.6 Å². The molecular formula is C31H27FN6O5. The number of ether oxygens (including phenoxy) is 2. The summed E-state index contributed by atoms with van der Waals surface area (Å²) in [7, 11) is 1.72. The number of benzene rings is 2. The largest absolute Gasteiger partial charge is 0.443 e. The quantitative estimate of drug-likeness (QED) is 0.162. The standard InChI is InChI=1S/C31H27FN6O5/c1-17-7-6-8-24(35-17)42-20-10-12-21-18(13-20)15-37(30(39)43-31(2,3)4)29-26-25(21)27(36(5)28(26)33-16-34-29)22-11-9-19(38(40)41)14-23(22)32/h6-14,16H,15H2,1-5H3. The highest BCUT2D eigenvalue weighted by Crippen LogP contribution is 2.48. The summed E-state index contributed by atoms with van der Waals surface area (Å²) in [6.07, 6.45) is 0.716. The maximum absolute atomic E-state index is 15.6. The van der Waals surface area contributed by atoms with E-state index in [4.69, 9.17) is 9.47 Å². The Hall–Kier alpha value is -5.39. The molecule has 6 rings (SSSR count). The molecule has 4 heterocycles. The fraction of sp³-hybridized carbons (Fsp3) is 0.226. The van der Waals surface area contributed by atoms with Gasteiger partial charge in [0.15, 0.2) is 5.82 Å². The molecule has 12 heteroatoms. The summed E-state index contributed by atoms with van der Waals surface area (Å²) in [6, 6.07) is 14.4. The Labute approximate surface area is 245 Å². The van der Waals surface area contributed by atoms with E-state index in [1.54, 1.807) is 50.6 Å². The molecule has 0 spiro atoms. The van der Waals surface area contributed by atoms with E-state index in [9.17, 15) is 14.9 Å². The molecule has 0 radical (unpaired) electrons. The van der Waals surface area contributed by atoms with E-state index < -0.39 is 22.4 Å². The third-order valence-electron chi connectivity index (χ3n) is 7.00. The Kier molecular flexibility index (Phi) is 6.56. The maximum atomic E-state index is 15.6. The van der Waals surface area contributed by atoms with Crippen LogP contribution in [0.25, 0.3) is 33.4 Å². The fourth-order valence-corrected chi connectivity index (χ4v) is 5.25. The Balaban J connectivity index is 1.61. The molecule has 1 amide bonds. The fourth-order valence-electron chi connectivity index (χ4n) is 5.25. The van der Waals surface area contributed by atoms with Gasteiger partial charge in [0.1, 0.15) is 29.1 Å². The van der Waals surface area contributed by atoms with Crippen LogP contribution < -0.4 is 9.64 Å². The summed E-state index contributed by atoms with van der Waals surface area (Å²) in [5, 5.41) is 11.8. The van der Waals surface area contributed by atoms with Crippen LogP contribution in [0.15, 0.2) is 60.9 Å². The van der Waals surface area contributed by atoms with Gasteiger partial charge in [0.2, 0.25) is 5.88 Å². The third kappa shape index (κ3) is 5.00. The van der Waals surface area contributed by atoms with Crippen LogP contribution in [0.1, 0.15) is 32.0 Å². The number of nitro benzene ring substituents is 1. The van der Waals surface area contributed by atoms with Gasteiger partial charge in [-0.05, 0) is 63.1 Å². The molecule has 11 nitrogen and oxygen atoms in total. The van der Waals surface area contributed by atoms with Crippen LogP contribution in [-0.4, -0.2) is 36.1 Å². The number of amides is 1. The van der Waals surface area contributed by atoms with Crippen LogP contribution in [0.3, 0.4) is 0 Å². The minimum absolute atomic E-state index is 0.0649. The number of pyridine rings is 1. The molecule has 0 N–H and O–H groups in total. The van der Waals surface area contributed by atoms with Gasteiger partial charge in [-0.1, -0.05) is 12.1 Å². The molecule has 0 bridgehead atoms. The van der Waals surface area contributed by atoms with Gasteiger partial charge in [-0.2, -0.15) is 0 Å². The lowest BCUT2D eigenvalue weighted by Gasteiger charge is -2.26. The number of carbonyl (C=O) groups excluding carboxylic acids is 1. The van der Waals surface area contributed by atoms with Crippen molar-refractivity contribution in [2.45, 2.75) is 39.8 Å². The summed E-state index contributed by atoms with van der Waals surface area (Å²) >= 11 is 0. The first-order valence-electron chi connectivity index (χ1n) is 13.4. The summed E-state index contributed by atoms with van der Waals surface area (Å²) in [5.74, 6) is 0.402. The second kappa shape index (κ2) is 10.2. The first-order chi connectivity index (χ1) is 20.4. The Morgan fingerprint density at radius 3 is 2.53 bits per heavy atom. The first-order valence-corrected chi connectivity index (χ1v) is 13.4. The molecule has 0 aliphatic carbocycles. The second-order valence-electron chi connectivity index (χ2n) is 11.2. The molecule has 2 aromatic carbocycles. The molecule has 0 atom stereocenters. The minimum Gasteiger partial charge on any atom is -0.443 e. The molecule has 1 aliphatic heterocycles. The van der Waals surface area contributed by atoms with Gasteiger partial charge in [-0.3, -0.25) is 15.0 Å². The average molecular weight is 583 g/mol. The number of nitro groups is 1. The van der Waals surface area contributed by atoms with Gasteiger partial charge in [0, 0.05) is 36.0 Å². The van der Waals surface area contributed by atoms with E-state index >= 15 is 4.39 Å². The molecule has 0 unspecified atom stereocenters. The number of anilines is 1. The van der Waals surface area contributed by atoms with E-state index in [1.807, 2.05) is 25.1 Å². The average Bonchev–Trinajstić information content (AvgIpc) is 3.14. The zero-order valence-corrected chi connectivity index (χ0v) is 24.1. The van der Waals surface area contributed by atoms with Gasteiger partial charge >= 0.3 is 6.09 Å². The van der Waals surface area contributed by atoms with Crippen molar-refractivity contribution in [2.24, 2.45) is 7.05 Å². The predicted molar refractivity (Wildman–Crippen MR) is 157 cm³/mol. The molecule has 218 valence electrons. The lowest BCUT2D eigenvalue weighted by molar-refractivity contribution is -0.385. The number of aryl methyl sites for hydroxylation is 2. The van der Waals surface area contributed by atoms with E-state index in [-0.39, 0.29) is 23.6 Å². The number of fused-ring (bicyclic) bond motifs is 2. The van der Waals surface area contributed by atoms with E-state index in [1.165, 1.54) is 23.4 Å². The summed E-state index contributed by atoms with van der Waals surface area (Å²) in [6.45, 7) is 7.25. The molecule has 0 saturated carbocycles. The number of non-ortho nitro benzene ring substituents is 1. The lowest BCUT2D eigenvalue weighted by atomic mass is 9.95. The Bertz CT molecular complexity index is 1950. The number of hydrogen-bond donors (Lipinski definition) is 0. The van der Waals surface area contributed by atoms with Crippen molar-refractivity contribution in [3.63, 3.8) is 0 Å². The van der Waals surface area contributed by atoms with Gasteiger partial charge in [0.05, 0.1) is 28.6 Å². The van der Waals surface area contributed by atoms with Gasteiger partial charge in [-0.15, -0.1) is 0 Å². The number of carbonyl (C=O) groups is 1. The van der Waals surface area contributed by atoms with Crippen molar-refractivity contribution in [1.82, 2.24) is 19.5 Å². The zero-order chi connectivity index (χ0) is 30.6. The molecule has 0 fully saturated rings. The number of nitrogens with zero attached hydrogens (tertiary/aromatic N) is 6. The smallest absolute Gasteiger partial charge is 0.416 e. The van der Waals surface area contributed by atoms with E-state index in [0.717, 1.165) is 11.8 Å². The maximum Gasteiger partial charge on any atom is 0.416 e. The summed E-state index contributed by atoms with van der Waals surface area (Å²) < 4.78 is 29.1. The summed E-state index contributed by atoms with van der Waals surface area (Å²) in [4.78, 5) is 39.1. The van der Waals surface area contributed by atoms with Crippen molar-refractivity contribution < 1.29 is 23.6 Å². The predicted octanol–water partition coefficient (Wildman–Crippen LogP) is 7.10. The number of hydrogen-bond acceptors (Lipinski definition) is 8. The second-order valence-corrected chi connectivity index (χ2v) is 11.2. The highest BCUT2D eigenvalue weighted by molar-refractivity contribution is 6.12. The van der Waals surface area contributed by atoms with Crippen LogP contribution in [0.4, 0.5) is 20.7 Å². The van der Waals surface area contributed by atoms with Gasteiger partial charge in [0.25, 0.3) is 5.69 Å². The van der Waals surface area contributed by atoms with E-state index in [2.05, 4.69) is 15.0 Å². The topological polar surface area (TPSA) is 126 Å². The molecule has 1 aliphatic rings. The normalized spacial score (nSPS) is 12.6. The van der Waals surface area contributed by atoms with Crippen molar-refractivity contribution in [3.8, 4) is 34.0 Å². The van der Waals surface area contributed by atoms with Crippen molar-refractivity contribution in [2.75, 3.05) is 4.90 Å². The summed E-state index contributed by atoms with van der Waals surface area (Å²) in [5.41, 5.74) is 2.56. The number of aromatic nitrogens is 4. The van der Waals surface area contributed by atoms with Crippen LogP contribution in [0.2, 0.25) is 0 Å². The van der Waals surface area contributed by atoms with Crippen molar-refractivity contribution in [3.05, 3.63) is 88.1 Å². The van der Waals surface area contributed by atoms with Crippen molar-refractivity contribution in [1.29, 1.82) is 0 Å². The monoisotopic (exact) mass is 582 g/mol. The van der Waals surface area contributed by atoms with Crippen LogP contribution in [0, 0.1) is 22.9 Å². The van der Waals surface area contributed by atoms with Crippen molar-refractivity contribution >= 4 is 28.6 Å². The minimum atomic E-state index is -0.785. The molecule has 43 heavy (non-hydrogen) atoms. The van der Waals surface area contributed by atoms with Gasteiger partial charge < -0.3 is 14.0 Å². The number of rotatable bonds is 4. The van der Waals surface area contributed by atoms with Crippen LogP contribution >= 0.6 is 0 Å². The third-order valence-corrected chi connectivity index (χ3v) is 7.00. The highest BCUT2D eigenvalue weighted by atomic mass is 19.1. The molecule has 3 aromatic heterocycles. The SMILES string of the molecule is Cc1cccc(Oc2ccc3c(c2)CN(C(=O)OC(C)(C)C)c2ncnc4c2c-3c(-c2ccc([N+](=O)[O-])cc2F)n4C)n1. The van der Waals surface area contributed by atoms with Crippen LogP contribution in [-0.2, 0) is 18.3 Å². The highest BCUT2D eigenvalue weighted by Gasteiger charge is 2.35. The molecule has 0 saturated heterocycles. The zero-order valence-electron chi connectivity index (χ0n) is 24.1. The van der Waals surface area contributed by atoms with Gasteiger partial charge in [-0.25, -0.2) is 24.1 Å². The lowest BCUT2D eigenvalue weighted by Crippen LogP contribution is -2.37. The van der Waals surface area contributed by atoms with E-state index in [0.29, 0.717) is 45.0 Å². The molecule has 5 aromatic rings.